The first-order valence-electron chi connectivity index (χ1n) is 9.26. The molecule has 0 spiro atoms. The largest absolute Gasteiger partial charge is 0.377 e. The second-order valence-electron chi connectivity index (χ2n) is 7.41. The highest BCUT2D eigenvalue weighted by Gasteiger charge is 2.49. The lowest BCUT2D eigenvalue weighted by molar-refractivity contribution is 0.993. The Kier molecular flexibility index (Phi) is 4.83. The van der Waals surface area contributed by atoms with Crippen molar-refractivity contribution in [3.63, 3.8) is 0 Å². The van der Waals surface area contributed by atoms with Gasteiger partial charge in [0, 0.05) is 30.7 Å². The molecule has 1 fully saturated rings. The summed E-state index contributed by atoms with van der Waals surface area (Å²) >= 11 is 3.30. The van der Waals surface area contributed by atoms with E-state index in [0.29, 0.717) is 10.6 Å². The first-order valence-corrected chi connectivity index (χ1v) is 11.3. The van der Waals surface area contributed by atoms with E-state index in [1.807, 2.05) is 49.9 Å². The highest BCUT2D eigenvalue weighted by molar-refractivity contribution is 8.00. The van der Waals surface area contributed by atoms with Crippen LogP contribution in [-0.2, 0) is 0 Å². The summed E-state index contributed by atoms with van der Waals surface area (Å²) in [4.78, 5) is 25.3. The van der Waals surface area contributed by atoms with Gasteiger partial charge in [-0.2, -0.15) is 11.8 Å². The average molecular weight is 413 g/mol. The summed E-state index contributed by atoms with van der Waals surface area (Å²) in [5.74, 6) is 0.452. The van der Waals surface area contributed by atoms with Crippen molar-refractivity contribution >= 4 is 55.4 Å². The van der Waals surface area contributed by atoms with Gasteiger partial charge in [0.25, 0.3) is 5.56 Å². The molecule has 146 valence electrons. The summed E-state index contributed by atoms with van der Waals surface area (Å²) in [7, 11) is 4.00. The summed E-state index contributed by atoms with van der Waals surface area (Å²) in [5, 5.41) is 0.959. The molecule has 3 heterocycles. The van der Waals surface area contributed by atoms with Gasteiger partial charge in [-0.3, -0.25) is 9.36 Å². The molecule has 0 radical (unpaired) electrons. The molecule has 0 N–H and O–H groups in total. The molecule has 0 aromatic carbocycles. The van der Waals surface area contributed by atoms with Crippen LogP contribution in [0.4, 0.5) is 5.69 Å². The van der Waals surface area contributed by atoms with Crippen molar-refractivity contribution in [2.24, 2.45) is 5.92 Å². The van der Waals surface area contributed by atoms with Gasteiger partial charge in [0.2, 0.25) is 0 Å². The number of aryl methyl sites for hydroxylation is 1. The molecule has 2 unspecified atom stereocenters. The third-order valence-electron chi connectivity index (χ3n) is 5.28. The number of pyridine rings is 1. The summed E-state index contributed by atoms with van der Waals surface area (Å²) in [6, 6.07) is 2.04. The normalized spacial score (nSPS) is 22.1. The Hall–Kier alpha value is -2.12. The van der Waals surface area contributed by atoms with Crippen LogP contribution in [0.15, 0.2) is 35.4 Å². The fourth-order valence-electron chi connectivity index (χ4n) is 3.69. The Morgan fingerprint density at radius 3 is 2.89 bits per heavy atom. The van der Waals surface area contributed by atoms with Crippen LogP contribution < -0.4 is 10.5 Å². The maximum absolute atomic E-state index is 13.1. The lowest BCUT2D eigenvalue weighted by Crippen LogP contribution is -2.15. The Labute approximate surface area is 172 Å². The Morgan fingerprint density at radius 1 is 1.43 bits per heavy atom. The van der Waals surface area contributed by atoms with Gasteiger partial charge in [0.05, 0.1) is 16.6 Å². The molecule has 0 amide bonds. The van der Waals surface area contributed by atoms with Crippen LogP contribution in [0.25, 0.3) is 26.6 Å². The molecule has 2 atom stereocenters. The first-order chi connectivity index (χ1) is 13.4. The van der Waals surface area contributed by atoms with Crippen molar-refractivity contribution in [2.45, 2.75) is 25.0 Å². The molecular formula is C21H24N4OS2. The topological polar surface area (TPSA) is 51.0 Å². The van der Waals surface area contributed by atoms with E-state index in [9.17, 15) is 4.79 Å². The van der Waals surface area contributed by atoms with Gasteiger partial charge >= 0.3 is 0 Å². The predicted molar refractivity (Wildman–Crippen MR) is 123 cm³/mol. The van der Waals surface area contributed by atoms with Crippen molar-refractivity contribution in [3.8, 4) is 0 Å². The molecular weight excluding hydrogens is 388 g/mol. The maximum atomic E-state index is 13.1. The molecule has 7 heteroatoms. The van der Waals surface area contributed by atoms with Gasteiger partial charge < -0.3 is 4.90 Å². The number of nitrogens with zero attached hydrogens (tertiary/aromatic N) is 4. The van der Waals surface area contributed by atoms with Crippen LogP contribution in [0.1, 0.15) is 19.0 Å². The molecule has 4 rings (SSSR count). The Morgan fingerprint density at radius 2 is 2.21 bits per heavy atom. The number of rotatable bonds is 5. The minimum Gasteiger partial charge on any atom is -0.377 e. The van der Waals surface area contributed by atoms with E-state index in [1.165, 1.54) is 11.3 Å². The molecule has 1 aliphatic carbocycles. The Balaban J connectivity index is 1.78. The average Bonchev–Trinajstić information content (AvgIpc) is 3.22. The molecule has 0 aliphatic heterocycles. The van der Waals surface area contributed by atoms with Gasteiger partial charge in [-0.25, -0.2) is 9.97 Å². The molecule has 0 bridgehead atoms. The molecule has 3 aromatic heterocycles. The number of allylic oxidation sites excluding steroid dienone is 2. The zero-order chi connectivity index (χ0) is 20.1. The van der Waals surface area contributed by atoms with Gasteiger partial charge in [0.1, 0.15) is 15.9 Å². The van der Waals surface area contributed by atoms with Gasteiger partial charge in [-0.1, -0.05) is 18.2 Å². The van der Waals surface area contributed by atoms with Crippen molar-refractivity contribution < 1.29 is 0 Å². The third-order valence-corrected chi connectivity index (χ3v) is 7.71. The lowest BCUT2D eigenvalue weighted by Gasteiger charge is -2.14. The molecule has 0 saturated heterocycles. The molecule has 3 aromatic rings. The summed E-state index contributed by atoms with van der Waals surface area (Å²) in [6.07, 6.45) is 13.3. The van der Waals surface area contributed by atoms with Crippen LogP contribution in [0.5, 0.6) is 0 Å². The highest BCUT2D eigenvalue weighted by atomic mass is 32.2. The van der Waals surface area contributed by atoms with E-state index in [-0.39, 0.29) is 10.3 Å². The lowest BCUT2D eigenvalue weighted by atomic mass is 10.2. The van der Waals surface area contributed by atoms with Crippen molar-refractivity contribution in [3.05, 3.63) is 46.7 Å². The second kappa shape index (κ2) is 7.04. The standard InChI is InChI=1S/C21H24N4OS2/c1-6-8-21(27-5)11-14(21)7-9-25-12-22-17-16-15(24(3)4)10-13(2)23-19(16)28-18(17)20(25)26/h6-10,12,14H,11H2,1-5H3/b8-6-,9-7+. The number of aromatic nitrogens is 3. The minimum absolute atomic E-state index is 0.0342. The van der Waals surface area contributed by atoms with Crippen LogP contribution in [-0.4, -0.2) is 39.6 Å². The van der Waals surface area contributed by atoms with E-state index in [1.54, 1.807) is 10.9 Å². The van der Waals surface area contributed by atoms with Crippen LogP contribution in [0, 0.1) is 12.8 Å². The van der Waals surface area contributed by atoms with Crippen LogP contribution >= 0.6 is 23.1 Å². The van der Waals surface area contributed by atoms with Crippen LogP contribution in [0.3, 0.4) is 0 Å². The number of hydrogen-bond donors (Lipinski definition) is 0. The number of fused-ring (bicyclic) bond motifs is 3. The number of thioether (sulfide) groups is 1. The van der Waals surface area contributed by atoms with Crippen molar-refractivity contribution in [1.29, 1.82) is 0 Å². The zero-order valence-corrected chi connectivity index (χ0v) is 18.4. The molecule has 1 aliphatic rings. The first kappa shape index (κ1) is 19.2. The van der Waals surface area contributed by atoms with E-state index < -0.39 is 0 Å². The van der Waals surface area contributed by atoms with Crippen LogP contribution in [0.2, 0.25) is 0 Å². The Bertz CT molecular complexity index is 1170. The van der Waals surface area contributed by atoms with Gasteiger partial charge in [0.15, 0.2) is 0 Å². The quantitative estimate of drug-likeness (QED) is 0.576. The predicted octanol–water partition coefficient (Wildman–Crippen LogP) is 4.55. The van der Waals surface area contributed by atoms with E-state index >= 15 is 0 Å². The van der Waals surface area contributed by atoms with Crippen molar-refractivity contribution in [2.75, 3.05) is 25.3 Å². The smallest absolute Gasteiger partial charge is 0.275 e. The number of hydrogen-bond acceptors (Lipinski definition) is 6. The SMILES string of the molecule is C/C=C\C1(SC)CC1/C=C/n1cnc2c(sc3nc(C)cc(N(C)C)c32)c1=O. The number of anilines is 1. The summed E-state index contributed by atoms with van der Waals surface area (Å²) < 4.78 is 2.44. The molecule has 28 heavy (non-hydrogen) atoms. The van der Waals surface area contributed by atoms with E-state index in [2.05, 4.69) is 41.4 Å². The highest BCUT2D eigenvalue weighted by Crippen LogP contribution is 2.55. The second-order valence-corrected chi connectivity index (χ2v) is 9.57. The zero-order valence-electron chi connectivity index (χ0n) is 16.8. The van der Waals surface area contributed by atoms with Gasteiger partial charge in [-0.15, -0.1) is 11.3 Å². The maximum Gasteiger partial charge on any atom is 0.275 e. The molecule has 1 saturated carbocycles. The fourth-order valence-corrected chi connectivity index (χ4v) is 5.82. The van der Waals surface area contributed by atoms with Crippen molar-refractivity contribution in [1.82, 2.24) is 14.5 Å². The fraction of sp³-hybridized carbons (Fsp3) is 0.381. The van der Waals surface area contributed by atoms with E-state index in [4.69, 9.17) is 0 Å². The third kappa shape index (κ3) is 3.06. The summed E-state index contributed by atoms with van der Waals surface area (Å²) in [5.41, 5.74) is 2.69. The summed E-state index contributed by atoms with van der Waals surface area (Å²) in [6.45, 7) is 4.03. The number of thiophene rings is 1. The monoisotopic (exact) mass is 412 g/mol. The van der Waals surface area contributed by atoms with Gasteiger partial charge in [-0.05, 0) is 38.5 Å². The van der Waals surface area contributed by atoms with E-state index in [0.717, 1.165) is 33.5 Å². The molecule has 5 nitrogen and oxygen atoms in total. The minimum atomic E-state index is -0.0342.